The second kappa shape index (κ2) is 13.2. The molecule has 0 aliphatic rings. The number of aryl methyl sites for hydroxylation is 1. The van der Waals surface area contributed by atoms with Gasteiger partial charge in [-0.15, -0.1) is 0 Å². The van der Waals surface area contributed by atoms with Crippen LogP contribution < -0.4 is 4.74 Å². The number of ether oxygens (including phenoxy) is 1. The van der Waals surface area contributed by atoms with Crippen molar-refractivity contribution < 1.29 is 9.53 Å². The van der Waals surface area contributed by atoms with E-state index in [4.69, 9.17) is 4.74 Å². The van der Waals surface area contributed by atoms with Gasteiger partial charge in [-0.1, -0.05) is 45.0 Å². The molecule has 4 nitrogen and oxygen atoms in total. The Morgan fingerprint density at radius 1 is 0.903 bits per heavy atom. The molecule has 0 bridgehead atoms. The van der Waals surface area contributed by atoms with E-state index in [1.165, 1.54) is 5.56 Å². The average molecular weight is 425 g/mol. The predicted molar refractivity (Wildman–Crippen MR) is 130 cm³/mol. The van der Waals surface area contributed by atoms with E-state index in [-0.39, 0.29) is 11.9 Å². The SMILES string of the molecule is CCOc1ccc(CN(C(=O)c2ccc(CC)cc2)[C@H](C)CCCN(CC)CC)cc1. The largest absolute Gasteiger partial charge is 0.494 e. The molecule has 0 aliphatic carbocycles. The molecule has 1 amide bonds. The van der Waals surface area contributed by atoms with Crippen molar-refractivity contribution in [3.05, 3.63) is 65.2 Å². The number of carbonyl (C=O) groups excluding carboxylic acids is 1. The molecule has 1 atom stereocenters. The highest BCUT2D eigenvalue weighted by Crippen LogP contribution is 2.19. The van der Waals surface area contributed by atoms with Crippen LogP contribution in [-0.2, 0) is 13.0 Å². The maximum Gasteiger partial charge on any atom is 0.254 e. The summed E-state index contributed by atoms with van der Waals surface area (Å²) in [5, 5.41) is 0. The summed E-state index contributed by atoms with van der Waals surface area (Å²) in [6.45, 7) is 15.2. The molecule has 0 heterocycles. The summed E-state index contributed by atoms with van der Waals surface area (Å²) in [6.07, 6.45) is 3.06. The Labute approximate surface area is 189 Å². The number of hydrogen-bond acceptors (Lipinski definition) is 3. The second-order valence-corrected chi connectivity index (χ2v) is 8.08. The van der Waals surface area contributed by atoms with Crippen LogP contribution in [-0.4, -0.2) is 48.0 Å². The topological polar surface area (TPSA) is 32.8 Å². The average Bonchev–Trinajstić information content (AvgIpc) is 2.81. The molecule has 0 spiro atoms. The quantitative estimate of drug-likeness (QED) is 0.407. The minimum atomic E-state index is 0.104. The Morgan fingerprint density at radius 3 is 2.06 bits per heavy atom. The Morgan fingerprint density at radius 2 is 1.52 bits per heavy atom. The highest BCUT2D eigenvalue weighted by Gasteiger charge is 2.22. The van der Waals surface area contributed by atoms with Gasteiger partial charge in [0.05, 0.1) is 6.61 Å². The number of benzene rings is 2. The van der Waals surface area contributed by atoms with E-state index >= 15 is 0 Å². The molecule has 170 valence electrons. The summed E-state index contributed by atoms with van der Waals surface area (Å²) in [5.74, 6) is 0.971. The fraction of sp³-hybridized carbons (Fsp3) is 0.519. The van der Waals surface area contributed by atoms with Gasteiger partial charge in [0.25, 0.3) is 5.91 Å². The zero-order valence-electron chi connectivity index (χ0n) is 20.1. The van der Waals surface area contributed by atoms with E-state index in [9.17, 15) is 4.79 Å². The van der Waals surface area contributed by atoms with Gasteiger partial charge < -0.3 is 14.5 Å². The van der Waals surface area contributed by atoms with E-state index in [1.54, 1.807) is 0 Å². The van der Waals surface area contributed by atoms with Crippen LogP contribution in [0.15, 0.2) is 48.5 Å². The maximum atomic E-state index is 13.5. The third-order valence-corrected chi connectivity index (χ3v) is 5.98. The molecule has 0 radical (unpaired) electrons. The van der Waals surface area contributed by atoms with Gasteiger partial charge in [-0.2, -0.15) is 0 Å². The van der Waals surface area contributed by atoms with E-state index in [0.29, 0.717) is 13.2 Å². The fourth-order valence-electron chi connectivity index (χ4n) is 3.84. The molecule has 0 unspecified atom stereocenters. The Balaban J connectivity index is 2.15. The van der Waals surface area contributed by atoms with Crippen LogP contribution in [0.3, 0.4) is 0 Å². The standard InChI is InChI=1S/C27H40N2O2/c1-6-23-12-16-25(17-13-23)27(30)29(22(5)11-10-20-28(7-2)8-3)21-24-14-18-26(19-15-24)31-9-4/h12-19,22H,6-11,20-21H2,1-5H3/t22-/m1/s1. The van der Waals surface area contributed by atoms with E-state index < -0.39 is 0 Å². The molecule has 4 heteroatoms. The van der Waals surface area contributed by atoms with Crippen molar-refractivity contribution >= 4 is 5.91 Å². The third kappa shape index (κ3) is 7.70. The lowest BCUT2D eigenvalue weighted by Gasteiger charge is -2.30. The highest BCUT2D eigenvalue weighted by atomic mass is 16.5. The van der Waals surface area contributed by atoms with E-state index in [0.717, 1.165) is 55.8 Å². The van der Waals surface area contributed by atoms with Crippen molar-refractivity contribution in [1.29, 1.82) is 0 Å². The lowest BCUT2D eigenvalue weighted by Crippen LogP contribution is -2.38. The first-order valence-corrected chi connectivity index (χ1v) is 11.9. The van der Waals surface area contributed by atoms with Gasteiger partial charge in [0.15, 0.2) is 0 Å². The first kappa shape index (κ1) is 24.9. The Bertz CT molecular complexity index is 767. The van der Waals surface area contributed by atoms with Crippen molar-refractivity contribution in [1.82, 2.24) is 9.80 Å². The van der Waals surface area contributed by atoms with Crippen LogP contribution in [0.25, 0.3) is 0 Å². The first-order chi connectivity index (χ1) is 15.0. The van der Waals surface area contributed by atoms with Crippen molar-refractivity contribution in [2.24, 2.45) is 0 Å². The van der Waals surface area contributed by atoms with Crippen LogP contribution in [0.5, 0.6) is 5.75 Å². The summed E-state index contributed by atoms with van der Waals surface area (Å²) < 4.78 is 5.56. The molecular weight excluding hydrogens is 384 g/mol. The lowest BCUT2D eigenvalue weighted by molar-refractivity contribution is 0.0662. The molecule has 0 aromatic heterocycles. The molecule has 0 N–H and O–H groups in total. The van der Waals surface area contributed by atoms with Crippen molar-refractivity contribution in [2.75, 3.05) is 26.2 Å². The first-order valence-electron chi connectivity index (χ1n) is 11.9. The predicted octanol–water partition coefficient (Wildman–Crippen LogP) is 5.80. The summed E-state index contributed by atoms with van der Waals surface area (Å²) >= 11 is 0. The molecule has 0 fully saturated rings. The number of rotatable bonds is 13. The smallest absolute Gasteiger partial charge is 0.254 e. The van der Waals surface area contributed by atoms with Gasteiger partial charge in [-0.25, -0.2) is 0 Å². The number of carbonyl (C=O) groups is 1. The van der Waals surface area contributed by atoms with Crippen molar-refractivity contribution in [3.8, 4) is 5.75 Å². The molecule has 2 aromatic rings. The summed E-state index contributed by atoms with van der Waals surface area (Å²) in [4.78, 5) is 17.9. The lowest BCUT2D eigenvalue weighted by atomic mass is 10.0. The summed E-state index contributed by atoms with van der Waals surface area (Å²) in [6, 6.07) is 16.3. The van der Waals surface area contributed by atoms with E-state index in [1.807, 2.05) is 36.1 Å². The second-order valence-electron chi connectivity index (χ2n) is 8.08. The van der Waals surface area contributed by atoms with Crippen molar-refractivity contribution in [2.45, 2.75) is 66.5 Å². The number of hydrogen-bond donors (Lipinski definition) is 0. The van der Waals surface area contributed by atoms with Crippen LogP contribution in [0.2, 0.25) is 0 Å². The Kier molecular flexibility index (Phi) is 10.6. The maximum absolute atomic E-state index is 13.5. The summed E-state index contributed by atoms with van der Waals surface area (Å²) in [5.41, 5.74) is 3.14. The molecule has 0 saturated heterocycles. The molecule has 2 rings (SSSR count). The number of nitrogens with zero attached hydrogens (tertiary/aromatic N) is 2. The summed E-state index contributed by atoms with van der Waals surface area (Å²) in [7, 11) is 0. The zero-order chi connectivity index (χ0) is 22.6. The minimum absolute atomic E-state index is 0.104. The number of amides is 1. The van der Waals surface area contributed by atoms with Crippen LogP contribution in [0, 0.1) is 0 Å². The molecule has 31 heavy (non-hydrogen) atoms. The minimum Gasteiger partial charge on any atom is -0.494 e. The van der Waals surface area contributed by atoms with Gasteiger partial charge in [0.2, 0.25) is 0 Å². The van der Waals surface area contributed by atoms with E-state index in [2.05, 4.69) is 56.9 Å². The van der Waals surface area contributed by atoms with Gasteiger partial charge in [-0.05, 0) is 88.1 Å². The third-order valence-electron chi connectivity index (χ3n) is 5.98. The normalized spacial score (nSPS) is 12.1. The van der Waals surface area contributed by atoms with Crippen molar-refractivity contribution in [3.63, 3.8) is 0 Å². The van der Waals surface area contributed by atoms with Crippen LogP contribution in [0.1, 0.15) is 68.9 Å². The molecule has 0 saturated carbocycles. The molecule has 2 aromatic carbocycles. The Hall–Kier alpha value is -2.33. The highest BCUT2D eigenvalue weighted by molar-refractivity contribution is 5.94. The van der Waals surface area contributed by atoms with Gasteiger partial charge in [0, 0.05) is 18.2 Å². The van der Waals surface area contributed by atoms with Gasteiger partial charge in [0.1, 0.15) is 5.75 Å². The monoisotopic (exact) mass is 424 g/mol. The van der Waals surface area contributed by atoms with Crippen LogP contribution in [0.4, 0.5) is 0 Å². The fourth-order valence-corrected chi connectivity index (χ4v) is 3.84. The molecular formula is C27H40N2O2. The van der Waals surface area contributed by atoms with Gasteiger partial charge >= 0.3 is 0 Å². The molecule has 0 aliphatic heterocycles. The van der Waals surface area contributed by atoms with Crippen LogP contribution >= 0.6 is 0 Å². The van der Waals surface area contributed by atoms with Gasteiger partial charge in [-0.3, -0.25) is 4.79 Å². The zero-order valence-corrected chi connectivity index (χ0v) is 20.1.